The highest BCUT2D eigenvalue weighted by Gasteiger charge is 2.88. The number of fused-ring (bicyclic) bond motifs is 5. The van der Waals surface area contributed by atoms with Crippen LogP contribution in [0.3, 0.4) is 0 Å². The van der Waals surface area contributed by atoms with Crippen molar-refractivity contribution in [1.82, 2.24) is 10.0 Å². The lowest BCUT2D eigenvalue weighted by molar-refractivity contribution is -0.154. The largest absolute Gasteiger partial charge is 0.292 e. The number of carbonyl (C=O) groups is 4. The molecule has 3 aliphatic rings. The SMILES string of the molecule is Cc1ccc(C(=O)CN(C(=O)c2ccc(Cl)cc2)N2C(=O)[C@H]3[C@H](C2=O)[C@@]2(Cl)C(Cl)=C(Cl)[C@@]3(Cl)C2(Cl)Cl)cc1C. The summed E-state index contributed by atoms with van der Waals surface area (Å²) in [5, 5.41) is 1.15. The molecule has 0 radical (unpaired) electrons. The van der Waals surface area contributed by atoms with E-state index in [1.54, 1.807) is 18.2 Å². The lowest BCUT2D eigenvalue weighted by atomic mass is 9.84. The Kier molecular flexibility index (Phi) is 7.08. The van der Waals surface area contributed by atoms with Gasteiger partial charge >= 0.3 is 0 Å². The normalized spacial score (nSPS) is 28.8. The maximum Gasteiger partial charge on any atom is 0.273 e. The first kappa shape index (κ1) is 29.0. The van der Waals surface area contributed by atoms with E-state index in [-0.39, 0.29) is 21.2 Å². The van der Waals surface area contributed by atoms with Crippen molar-refractivity contribution in [3.05, 3.63) is 79.8 Å². The van der Waals surface area contributed by atoms with Crippen LogP contribution in [0.1, 0.15) is 31.8 Å². The average molecular weight is 670 g/mol. The van der Waals surface area contributed by atoms with Crippen molar-refractivity contribution in [3.8, 4) is 0 Å². The molecule has 6 nitrogen and oxygen atoms in total. The number of amides is 3. The number of hydrogen-bond donors (Lipinski definition) is 0. The third kappa shape index (κ3) is 3.76. The molecule has 0 spiro atoms. The molecule has 2 aliphatic carbocycles. The molecule has 39 heavy (non-hydrogen) atoms. The van der Waals surface area contributed by atoms with Gasteiger partial charge in [-0.1, -0.05) is 70.1 Å². The van der Waals surface area contributed by atoms with Crippen LogP contribution in [0, 0.1) is 25.7 Å². The fraction of sp³-hybridized carbons (Fsp3) is 0.308. The molecule has 2 aromatic carbocycles. The van der Waals surface area contributed by atoms with Crippen molar-refractivity contribution in [3.63, 3.8) is 0 Å². The second kappa shape index (κ2) is 9.52. The van der Waals surface area contributed by atoms with Crippen molar-refractivity contribution in [1.29, 1.82) is 0 Å². The van der Waals surface area contributed by atoms with E-state index in [4.69, 9.17) is 81.2 Å². The highest BCUT2D eigenvalue weighted by atomic mass is 35.5. The van der Waals surface area contributed by atoms with Gasteiger partial charge in [-0.05, 0) is 55.3 Å². The van der Waals surface area contributed by atoms with Crippen LogP contribution in [0.15, 0.2) is 52.5 Å². The van der Waals surface area contributed by atoms with Gasteiger partial charge in [0.25, 0.3) is 17.7 Å². The fourth-order valence-corrected chi connectivity index (χ4v) is 8.39. The third-order valence-corrected chi connectivity index (χ3v) is 12.1. The number of carbonyl (C=O) groups excluding carboxylic acids is 4. The second-order valence-electron chi connectivity index (χ2n) is 9.66. The molecule has 5 rings (SSSR count). The molecule has 1 saturated carbocycles. The van der Waals surface area contributed by atoms with E-state index in [1.165, 1.54) is 24.3 Å². The van der Waals surface area contributed by atoms with Gasteiger partial charge < -0.3 is 0 Å². The number of hydrazine groups is 1. The van der Waals surface area contributed by atoms with Gasteiger partial charge in [0, 0.05) is 16.1 Å². The Morgan fingerprint density at radius 2 is 1.28 bits per heavy atom. The summed E-state index contributed by atoms with van der Waals surface area (Å²) in [4.78, 5) is 50.8. The number of aryl methyl sites for hydroxylation is 2. The zero-order valence-corrected chi connectivity index (χ0v) is 25.4. The summed E-state index contributed by atoms with van der Waals surface area (Å²) < 4.78 is -2.13. The Balaban J connectivity index is 1.60. The Labute approximate surface area is 258 Å². The zero-order valence-electron chi connectivity index (χ0n) is 20.1. The molecular formula is C26H17Cl7N2O4. The predicted molar refractivity (Wildman–Crippen MR) is 152 cm³/mol. The number of rotatable bonds is 5. The van der Waals surface area contributed by atoms with E-state index >= 15 is 0 Å². The number of nitrogens with zero attached hydrogens (tertiary/aromatic N) is 2. The maximum atomic E-state index is 13.9. The van der Waals surface area contributed by atoms with Gasteiger partial charge in [0.15, 0.2) is 10.1 Å². The van der Waals surface area contributed by atoms with Crippen LogP contribution in [0.2, 0.25) is 5.02 Å². The van der Waals surface area contributed by atoms with Crippen molar-refractivity contribution in [2.24, 2.45) is 11.8 Å². The standard InChI is InChI=1S/C26H17Cl7N2O4/c1-11-3-4-14(9-12(11)2)16(36)10-34(21(37)13-5-7-15(27)8-6-13)35-22(38)17-18(23(35)39)25(31)20(29)19(28)24(17,30)26(25,32)33/h3-9,17-18H,10H2,1-2H3/t17-,18-,24-,25-/m1/s1. The number of allylic oxidation sites excluding steroid dienone is 2. The zero-order chi connectivity index (χ0) is 28.8. The van der Waals surface area contributed by atoms with Crippen molar-refractivity contribution in [2.45, 2.75) is 27.9 Å². The molecular weight excluding hydrogens is 652 g/mol. The molecule has 1 heterocycles. The van der Waals surface area contributed by atoms with Gasteiger partial charge in [-0.3, -0.25) is 19.2 Å². The van der Waals surface area contributed by atoms with Gasteiger partial charge in [-0.25, -0.2) is 5.01 Å². The molecule has 204 valence electrons. The topological polar surface area (TPSA) is 74.8 Å². The number of alkyl halides is 4. The predicted octanol–water partition coefficient (Wildman–Crippen LogP) is 6.64. The first-order chi connectivity index (χ1) is 18.1. The fourth-order valence-electron chi connectivity index (χ4n) is 5.34. The second-order valence-corrected chi connectivity index (χ2v) is 13.4. The van der Waals surface area contributed by atoms with Crippen molar-refractivity contribution < 1.29 is 19.2 Å². The van der Waals surface area contributed by atoms with Crippen LogP contribution in [0.5, 0.6) is 0 Å². The Morgan fingerprint density at radius 1 is 0.795 bits per heavy atom. The number of ketones is 1. The summed E-state index contributed by atoms with van der Waals surface area (Å²) in [6, 6.07) is 10.7. The highest BCUT2D eigenvalue weighted by Crippen LogP contribution is 2.77. The van der Waals surface area contributed by atoms with Crippen molar-refractivity contribution in [2.75, 3.05) is 6.54 Å². The number of hydrogen-bond acceptors (Lipinski definition) is 4. The summed E-state index contributed by atoms with van der Waals surface area (Å²) in [7, 11) is 0. The number of halogens is 7. The molecule has 0 unspecified atom stereocenters. The summed E-state index contributed by atoms with van der Waals surface area (Å²) in [5.41, 5.74) is 2.15. The minimum atomic E-state index is -2.13. The number of benzene rings is 2. The molecule has 2 bridgehead atoms. The average Bonchev–Trinajstić information content (AvgIpc) is 3.27. The van der Waals surface area contributed by atoms with E-state index < -0.39 is 56.0 Å². The van der Waals surface area contributed by atoms with Gasteiger partial charge in [0.05, 0.1) is 21.9 Å². The highest BCUT2D eigenvalue weighted by molar-refractivity contribution is 6.66. The van der Waals surface area contributed by atoms with E-state index in [0.29, 0.717) is 10.0 Å². The Bertz CT molecular complexity index is 1460. The summed E-state index contributed by atoms with van der Waals surface area (Å²) in [6.07, 6.45) is 0. The minimum absolute atomic E-state index is 0.0623. The number of Topliss-reactive ketones (excluding diaryl/α,β-unsaturated/α-hetero) is 1. The van der Waals surface area contributed by atoms with E-state index in [2.05, 4.69) is 0 Å². The Morgan fingerprint density at radius 3 is 1.77 bits per heavy atom. The lowest BCUT2D eigenvalue weighted by Crippen LogP contribution is -2.56. The van der Waals surface area contributed by atoms with Crippen molar-refractivity contribution >= 4 is 105 Å². The summed E-state index contributed by atoms with van der Waals surface area (Å²) in [5.74, 6) is -6.19. The van der Waals surface area contributed by atoms with Crippen LogP contribution in [0.25, 0.3) is 0 Å². The summed E-state index contributed by atoms with van der Waals surface area (Å²) >= 11 is 45.4. The van der Waals surface area contributed by atoms with Crippen LogP contribution >= 0.6 is 81.2 Å². The first-order valence-corrected chi connectivity index (χ1v) is 14.1. The van der Waals surface area contributed by atoms with Gasteiger partial charge in [-0.2, -0.15) is 5.01 Å². The van der Waals surface area contributed by atoms with E-state index in [1.807, 2.05) is 13.8 Å². The molecule has 1 saturated heterocycles. The quantitative estimate of drug-likeness (QED) is 0.203. The lowest BCUT2D eigenvalue weighted by Gasteiger charge is -2.36. The maximum absolute atomic E-state index is 13.9. The molecule has 1 aliphatic heterocycles. The van der Waals surface area contributed by atoms with E-state index in [0.717, 1.165) is 16.1 Å². The van der Waals surface area contributed by atoms with Crippen LogP contribution in [0.4, 0.5) is 0 Å². The Hall–Kier alpha value is -1.51. The molecule has 0 aromatic heterocycles. The molecule has 0 N–H and O–H groups in total. The first-order valence-electron chi connectivity index (χ1n) is 11.5. The molecule has 13 heteroatoms. The molecule has 2 fully saturated rings. The minimum Gasteiger partial charge on any atom is -0.292 e. The van der Waals surface area contributed by atoms with E-state index in [9.17, 15) is 19.2 Å². The smallest absolute Gasteiger partial charge is 0.273 e. The van der Waals surface area contributed by atoms with Gasteiger partial charge in [-0.15, -0.1) is 23.2 Å². The van der Waals surface area contributed by atoms with Crippen LogP contribution in [-0.4, -0.2) is 54.1 Å². The molecule has 2 aromatic rings. The summed E-state index contributed by atoms with van der Waals surface area (Å²) in [6.45, 7) is 3.06. The monoisotopic (exact) mass is 666 g/mol. The molecule has 4 atom stereocenters. The third-order valence-electron chi connectivity index (χ3n) is 7.57. The van der Waals surface area contributed by atoms with Crippen LogP contribution < -0.4 is 0 Å². The number of imide groups is 1. The molecule has 3 amide bonds. The van der Waals surface area contributed by atoms with Gasteiger partial charge in [0.2, 0.25) is 0 Å². The van der Waals surface area contributed by atoms with Gasteiger partial charge in [0.1, 0.15) is 16.3 Å². The van der Waals surface area contributed by atoms with Crippen LogP contribution in [-0.2, 0) is 9.59 Å².